The molecule has 1 fully saturated rings. The van der Waals surface area contributed by atoms with Gasteiger partial charge in [-0.2, -0.15) is 31.3 Å². The highest BCUT2D eigenvalue weighted by molar-refractivity contribution is 7.89. The molecule has 0 atom stereocenters. The van der Waals surface area contributed by atoms with E-state index in [1.807, 2.05) is 36.4 Å². The van der Waals surface area contributed by atoms with Crippen molar-refractivity contribution in [3.05, 3.63) is 72.3 Å². The summed E-state index contributed by atoms with van der Waals surface area (Å²) in [6.07, 6.45) is -5.67. The molecule has 3 aromatic carbocycles. The molecule has 1 aliphatic rings. The van der Waals surface area contributed by atoms with Crippen LogP contribution in [0.3, 0.4) is 0 Å². The fourth-order valence-corrected chi connectivity index (χ4v) is 6.90. The smallest absolute Gasteiger partial charge is 0.422 e. The number of nitrogens with one attached hydrogen (secondary N) is 3. The third-order valence-electron chi connectivity index (χ3n) is 8.30. The lowest BCUT2D eigenvalue weighted by atomic mass is 9.82. The fraction of sp³-hybridized carbons (Fsp3) is 0.412. The van der Waals surface area contributed by atoms with Crippen LogP contribution in [-0.2, 0) is 16.4 Å². The first-order valence-corrected chi connectivity index (χ1v) is 17.5. The maximum Gasteiger partial charge on any atom is 0.422 e. The monoisotopic (exact) mass is 725 g/mol. The number of halogens is 6. The van der Waals surface area contributed by atoms with E-state index in [4.69, 9.17) is 4.98 Å². The molecule has 3 N–H and O–H groups in total. The van der Waals surface area contributed by atoms with Gasteiger partial charge in [0.1, 0.15) is 22.2 Å². The van der Waals surface area contributed by atoms with Crippen LogP contribution in [0, 0.1) is 11.8 Å². The Hall–Kier alpha value is -4.31. The Labute approximate surface area is 285 Å². The lowest BCUT2D eigenvalue weighted by molar-refractivity contribution is -0.154. The Morgan fingerprint density at radius 2 is 1.44 bits per heavy atom. The number of aryl methyl sites for hydroxylation is 1. The topological polar surface area (TPSA) is 114 Å². The van der Waals surface area contributed by atoms with Gasteiger partial charge < -0.3 is 20.1 Å². The molecule has 0 amide bonds. The highest BCUT2D eigenvalue weighted by Gasteiger charge is 2.32. The molecule has 0 saturated heterocycles. The van der Waals surface area contributed by atoms with Gasteiger partial charge in [-0.15, -0.1) is 0 Å². The number of benzene rings is 3. The van der Waals surface area contributed by atoms with E-state index in [1.54, 1.807) is 0 Å². The summed E-state index contributed by atoms with van der Waals surface area (Å²) in [5.41, 5.74) is 2.90. The number of nitrogens with zero attached hydrogens (tertiary/aromatic N) is 2. The predicted molar refractivity (Wildman–Crippen MR) is 177 cm³/mol. The maximum atomic E-state index is 13.2. The van der Waals surface area contributed by atoms with Crippen LogP contribution in [0.2, 0.25) is 0 Å². The van der Waals surface area contributed by atoms with E-state index in [0.29, 0.717) is 31.2 Å². The average molecular weight is 726 g/mol. The van der Waals surface area contributed by atoms with Crippen LogP contribution in [0.25, 0.3) is 10.9 Å². The number of para-hydroxylation sites is 1. The third-order valence-corrected chi connectivity index (χ3v) is 9.75. The molecule has 1 aromatic heterocycles. The molecule has 9 nitrogen and oxygen atoms in total. The van der Waals surface area contributed by atoms with Crippen molar-refractivity contribution in [1.29, 1.82) is 0 Å². The lowest BCUT2D eigenvalue weighted by Gasteiger charge is -2.29. The SMILES string of the molecule is CCc1ccc(Nc2nc(NCC3CCC(CNS(=O)(=O)c4cc(OCC(F)(F)F)ccc4OCC(F)(F)F)CC3)nc3ccccc23)cc1. The Morgan fingerprint density at radius 1 is 0.800 bits per heavy atom. The van der Waals surface area contributed by atoms with Crippen molar-refractivity contribution in [1.82, 2.24) is 14.7 Å². The normalized spacial score (nSPS) is 17.0. The molecule has 0 bridgehead atoms. The van der Waals surface area contributed by atoms with Crippen LogP contribution in [0.5, 0.6) is 11.5 Å². The quantitative estimate of drug-likeness (QED) is 0.112. The fourth-order valence-electron chi connectivity index (χ4n) is 5.62. The summed E-state index contributed by atoms with van der Waals surface area (Å²) >= 11 is 0. The average Bonchev–Trinajstić information content (AvgIpc) is 3.08. The summed E-state index contributed by atoms with van der Waals surface area (Å²) in [5, 5.41) is 7.62. The second-order valence-electron chi connectivity index (χ2n) is 12.1. The highest BCUT2D eigenvalue weighted by atomic mass is 32.2. The summed E-state index contributed by atoms with van der Waals surface area (Å²) < 4.78 is 114. The standard InChI is InChI=1S/C34H37F6N5O4S/c1-2-22-11-13-25(14-12-22)43-31-27-5-3-4-6-28(27)44-32(45-31)41-18-23-7-9-24(10-8-23)19-42-50(46,47)30-17-26(48-20-33(35,36)37)15-16-29(30)49-21-34(38,39)40/h3-6,11-17,23-24,42H,2,7-10,18-21H2,1H3,(H2,41,43,44,45). The molecule has 16 heteroatoms. The van der Waals surface area contributed by atoms with Crippen LogP contribution < -0.4 is 24.8 Å². The number of ether oxygens (including phenoxy) is 2. The molecule has 0 spiro atoms. The predicted octanol–water partition coefficient (Wildman–Crippen LogP) is 8.01. The van der Waals surface area contributed by atoms with E-state index < -0.39 is 52.0 Å². The first-order chi connectivity index (χ1) is 23.7. The van der Waals surface area contributed by atoms with Crippen molar-refractivity contribution in [2.24, 2.45) is 11.8 Å². The Kier molecular flexibility index (Phi) is 11.6. The van der Waals surface area contributed by atoms with Gasteiger partial charge in [-0.1, -0.05) is 31.2 Å². The second kappa shape index (κ2) is 15.7. The number of fused-ring (bicyclic) bond motifs is 1. The number of sulfonamides is 1. The lowest BCUT2D eigenvalue weighted by Crippen LogP contribution is -2.33. The van der Waals surface area contributed by atoms with Crippen LogP contribution in [0.15, 0.2) is 71.6 Å². The van der Waals surface area contributed by atoms with E-state index in [2.05, 4.69) is 48.9 Å². The van der Waals surface area contributed by atoms with Gasteiger partial charge in [0.2, 0.25) is 16.0 Å². The summed E-state index contributed by atoms with van der Waals surface area (Å²) in [4.78, 5) is 8.67. The van der Waals surface area contributed by atoms with Crippen molar-refractivity contribution < 1.29 is 44.2 Å². The van der Waals surface area contributed by atoms with Crippen LogP contribution in [0.1, 0.15) is 38.2 Å². The second-order valence-corrected chi connectivity index (χ2v) is 13.9. The minimum absolute atomic E-state index is 0.0170. The van der Waals surface area contributed by atoms with Crippen LogP contribution >= 0.6 is 0 Å². The van der Waals surface area contributed by atoms with Gasteiger partial charge in [0.15, 0.2) is 13.2 Å². The first-order valence-electron chi connectivity index (χ1n) is 16.1. The van der Waals surface area contributed by atoms with Crippen molar-refractivity contribution in [2.75, 3.05) is 36.9 Å². The molecule has 1 aliphatic carbocycles. The molecule has 4 aromatic rings. The van der Waals surface area contributed by atoms with Gasteiger partial charge in [-0.05, 0) is 85.9 Å². The molecule has 5 rings (SSSR count). The van der Waals surface area contributed by atoms with E-state index in [-0.39, 0.29) is 18.4 Å². The van der Waals surface area contributed by atoms with Gasteiger partial charge in [-0.25, -0.2) is 18.1 Å². The molecule has 270 valence electrons. The summed E-state index contributed by atoms with van der Waals surface area (Å²) in [6, 6.07) is 18.3. The van der Waals surface area contributed by atoms with Gasteiger partial charge in [-0.3, -0.25) is 0 Å². The highest BCUT2D eigenvalue weighted by Crippen LogP contribution is 2.33. The molecule has 1 saturated carbocycles. The Bertz CT molecular complexity index is 1850. The maximum absolute atomic E-state index is 13.2. The van der Waals surface area contributed by atoms with E-state index >= 15 is 0 Å². The van der Waals surface area contributed by atoms with Crippen molar-refractivity contribution >= 4 is 38.4 Å². The minimum atomic E-state index is -4.77. The van der Waals surface area contributed by atoms with Gasteiger partial charge in [0, 0.05) is 30.2 Å². The molecule has 50 heavy (non-hydrogen) atoms. The number of aromatic nitrogens is 2. The Morgan fingerprint density at radius 3 is 2.10 bits per heavy atom. The van der Waals surface area contributed by atoms with Crippen molar-refractivity contribution in [3.8, 4) is 11.5 Å². The molecule has 1 heterocycles. The zero-order valence-electron chi connectivity index (χ0n) is 27.1. The third kappa shape index (κ3) is 10.6. The van der Waals surface area contributed by atoms with Crippen LogP contribution in [0.4, 0.5) is 43.8 Å². The molecule has 0 aliphatic heterocycles. The van der Waals surface area contributed by atoms with Gasteiger partial charge >= 0.3 is 12.4 Å². The summed E-state index contributed by atoms with van der Waals surface area (Å²) in [7, 11) is -4.48. The van der Waals surface area contributed by atoms with Gasteiger partial charge in [0.05, 0.1) is 5.52 Å². The number of hydrogen-bond donors (Lipinski definition) is 3. The van der Waals surface area contributed by atoms with Crippen molar-refractivity contribution in [3.63, 3.8) is 0 Å². The number of alkyl halides is 6. The molecular weight excluding hydrogens is 688 g/mol. The van der Waals surface area contributed by atoms with Crippen molar-refractivity contribution in [2.45, 2.75) is 56.3 Å². The number of hydrogen-bond acceptors (Lipinski definition) is 8. The van der Waals surface area contributed by atoms with E-state index in [0.717, 1.165) is 54.1 Å². The molecule has 0 unspecified atom stereocenters. The first kappa shape index (κ1) is 37.0. The zero-order valence-corrected chi connectivity index (χ0v) is 27.9. The molecule has 0 radical (unpaired) electrons. The van der Waals surface area contributed by atoms with E-state index in [1.165, 1.54) is 5.56 Å². The number of rotatable bonds is 14. The van der Waals surface area contributed by atoms with E-state index in [9.17, 15) is 34.8 Å². The number of anilines is 3. The summed E-state index contributed by atoms with van der Waals surface area (Å²) in [6.45, 7) is -0.828. The minimum Gasteiger partial charge on any atom is -0.484 e. The molecular formula is C34H37F6N5O4S. The van der Waals surface area contributed by atoms with Crippen LogP contribution in [-0.4, -0.2) is 57.0 Å². The largest absolute Gasteiger partial charge is 0.484 e. The summed E-state index contributed by atoms with van der Waals surface area (Å²) in [5.74, 6) is 0.170. The van der Waals surface area contributed by atoms with Gasteiger partial charge in [0.25, 0.3) is 0 Å². The zero-order chi connectivity index (χ0) is 35.9. The Balaban J connectivity index is 1.18.